The quantitative estimate of drug-likeness (QED) is 0.814. The van der Waals surface area contributed by atoms with Crippen molar-refractivity contribution in [3.8, 4) is 0 Å². The molecule has 0 aromatic carbocycles. The molecular formula is C11H19N3OS3. The van der Waals surface area contributed by atoms with Gasteiger partial charge in [-0.1, -0.05) is 41.3 Å². The molecule has 1 aliphatic carbocycles. The van der Waals surface area contributed by atoms with Gasteiger partial charge in [0.1, 0.15) is 0 Å². The minimum absolute atomic E-state index is 0.0943. The van der Waals surface area contributed by atoms with Crippen molar-refractivity contribution in [1.29, 1.82) is 0 Å². The standard InChI is InChI=1S/C11H19N3OS3/c1-12-11(7-15)5-3-4-8(6-11)17-10-14-13-9(16-2)18-10/h8,12,15H,3-7H2,1-2H3. The maximum absolute atomic E-state index is 9.57. The summed E-state index contributed by atoms with van der Waals surface area (Å²) >= 11 is 5.12. The summed E-state index contributed by atoms with van der Waals surface area (Å²) < 4.78 is 2.07. The number of thioether (sulfide) groups is 2. The molecule has 2 N–H and O–H groups in total. The van der Waals surface area contributed by atoms with Gasteiger partial charge in [-0.2, -0.15) is 0 Å². The number of hydrogen-bond acceptors (Lipinski definition) is 7. The van der Waals surface area contributed by atoms with Crippen LogP contribution in [0.4, 0.5) is 0 Å². The SMILES string of the molecule is CNC1(CO)CCCC(Sc2nnc(SC)s2)C1. The number of aromatic nitrogens is 2. The Morgan fingerprint density at radius 1 is 1.50 bits per heavy atom. The highest BCUT2D eigenvalue weighted by Gasteiger charge is 2.35. The molecule has 1 aliphatic rings. The zero-order valence-electron chi connectivity index (χ0n) is 10.7. The van der Waals surface area contributed by atoms with E-state index in [-0.39, 0.29) is 12.1 Å². The van der Waals surface area contributed by atoms with Gasteiger partial charge in [0.25, 0.3) is 0 Å². The van der Waals surface area contributed by atoms with E-state index in [2.05, 4.69) is 15.5 Å². The Morgan fingerprint density at radius 3 is 2.89 bits per heavy atom. The molecule has 0 saturated heterocycles. The van der Waals surface area contributed by atoms with Gasteiger partial charge in [-0.25, -0.2) is 0 Å². The van der Waals surface area contributed by atoms with E-state index in [1.165, 1.54) is 6.42 Å². The van der Waals surface area contributed by atoms with Crippen molar-refractivity contribution >= 4 is 34.9 Å². The molecule has 1 aromatic rings. The molecule has 2 atom stereocenters. The van der Waals surface area contributed by atoms with Gasteiger partial charge in [0.15, 0.2) is 8.68 Å². The Labute approximate surface area is 120 Å². The first-order valence-electron chi connectivity index (χ1n) is 6.05. The van der Waals surface area contributed by atoms with Gasteiger partial charge in [-0.3, -0.25) is 0 Å². The molecule has 18 heavy (non-hydrogen) atoms. The second kappa shape index (κ2) is 6.56. The van der Waals surface area contributed by atoms with E-state index in [0.717, 1.165) is 27.9 Å². The Hall–Kier alpha value is 0.180. The molecule has 0 spiro atoms. The molecule has 102 valence electrons. The minimum Gasteiger partial charge on any atom is -0.394 e. The number of aliphatic hydroxyl groups excluding tert-OH is 1. The average molecular weight is 305 g/mol. The van der Waals surface area contributed by atoms with Crippen LogP contribution < -0.4 is 5.32 Å². The summed E-state index contributed by atoms with van der Waals surface area (Å²) in [6, 6.07) is 0. The van der Waals surface area contributed by atoms with Crippen LogP contribution >= 0.6 is 34.9 Å². The summed E-state index contributed by atoms with van der Waals surface area (Å²) in [5.74, 6) is 0. The molecule has 0 bridgehead atoms. The van der Waals surface area contributed by atoms with Gasteiger partial charge >= 0.3 is 0 Å². The van der Waals surface area contributed by atoms with Crippen LogP contribution in [0.25, 0.3) is 0 Å². The van der Waals surface area contributed by atoms with Gasteiger partial charge < -0.3 is 10.4 Å². The van der Waals surface area contributed by atoms with Crippen LogP contribution in [0.2, 0.25) is 0 Å². The Balaban J connectivity index is 1.97. The fourth-order valence-corrected chi connectivity index (χ4v) is 5.39. The molecule has 7 heteroatoms. The first kappa shape index (κ1) is 14.6. The van der Waals surface area contributed by atoms with Gasteiger partial charge in [-0.05, 0) is 32.6 Å². The predicted molar refractivity (Wildman–Crippen MR) is 78.7 cm³/mol. The molecule has 1 aromatic heterocycles. The van der Waals surface area contributed by atoms with Crippen LogP contribution in [0.5, 0.6) is 0 Å². The highest BCUT2D eigenvalue weighted by atomic mass is 32.2. The second-order valence-electron chi connectivity index (χ2n) is 4.56. The van der Waals surface area contributed by atoms with Crippen LogP contribution in [0, 0.1) is 0 Å². The molecule has 1 fully saturated rings. The second-order valence-corrected chi connectivity index (χ2v) is 8.14. The highest BCUT2D eigenvalue weighted by Crippen LogP contribution is 2.39. The Morgan fingerprint density at radius 2 is 2.28 bits per heavy atom. The largest absolute Gasteiger partial charge is 0.394 e. The summed E-state index contributed by atoms with van der Waals surface area (Å²) in [6.07, 6.45) is 6.44. The molecule has 0 amide bonds. The fraction of sp³-hybridized carbons (Fsp3) is 0.818. The monoisotopic (exact) mass is 305 g/mol. The van der Waals surface area contributed by atoms with Gasteiger partial charge in [0.2, 0.25) is 0 Å². The molecule has 0 radical (unpaired) electrons. The average Bonchev–Trinajstić information content (AvgIpc) is 2.86. The van der Waals surface area contributed by atoms with E-state index in [1.807, 2.05) is 25.1 Å². The summed E-state index contributed by atoms with van der Waals surface area (Å²) in [7, 11) is 1.94. The van der Waals surface area contributed by atoms with E-state index < -0.39 is 0 Å². The maximum atomic E-state index is 9.57. The van der Waals surface area contributed by atoms with Crippen LogP contribution in [0.1, 0.15) is 25.7 Å². The number of hydrogen-bond donors (Lipinski definition) is 2. The highest BCUT2D eigenvalue weighted by molar-refractivity contribution is 8.03. The minimum atomic E-state index is -0.0943. The van der Waals surface area contributed by atoms with Crippen molar-refractivity contribution in [3.05, 3.63) is 0 Å². The first-order chi connectivity index (χ1) is 8.71. The van der Waals surface area contributed by atoms with Crippen molar-refractivity contribution < 1.29 is 5.11 Å². The summed E-state index contributed by atoms with van der Waals surface area (Å²) in [5, 5.41) is 21.7. The van der Waals surface area contributed by atoms with Crippen molar-refractivity contribution in [2.45, 2.75) is 45.2 Å². The molecule has 0 aliphatic heterocycles. The molecule has 4 nitrogen and oxygen atoms in total. The van der Waals surface area contributed by atoms with Crippen LogP contribution in [0.3, 0.4) is 0 Å². The Kier molecular flexibility index (Phi) is 5.32. The lowest BCUT2D eigenvalue weighted by Crippen LogP contribution is -2.50. The summed E-state index contributed by atoms with van der Waals surface area (Å²) in [5.41, 5.74) is -0.0943. The van der Waals surface area contributed by atoms with Crippen molar-refractivity contribution in [3.63, 3.8) is 0 Å². The van der Waals surface area contributed by atoms with Crippen molar-refractivity contribution in [1.82, 2.24) is 15.5 Å². The number of nitrogens with one attached hydrogen (secondary N) is 1. The fourth-order valence-electron chi connectivity index (χ4n) is 2.33. The third kappa shape index (κ3) is 3.39. The van der Waals surface area contributed by atoms with E-state index in [9.17, 15) is 5.11 Å². The van der Waals surface area contributed by atoms with Crippen LogP contribution in [-0.4, -0.2) is 46.0 Å². The number of rotatable bonds is 5. The van der Waals surface area contributed by atoms with Gasteiger partial charge in [-0.15, -0.1) is 10.2 Å². The third-order valence-electron chi connectivity index (χ3n) is 3.46. The Bertz CT molecular complexity index is 381. The van der Waals surface area contributed by atoms with E-state index in [0.29, 0.717) is 5.25 Å². The van der Waals surface area contributed by atoms with Crippen LogP contribution in [0.15, 0.2) is 8.68 Å². The van der Waals surface area contributed by atoms with Gasteiger partial charge in [0.05, 0.1) is 6.61 Å². The zero-order valence-corrected chi connectivity index (χ0v) is 13.1. The van der Waals surface area contributed by atoms with E-state index in [4.69, 9.17) is 0 Å². The third-order valence-corrected chi connectivity index (χ3v) is 6.71. The predicted octanol–water partition coefficient (Wildman–Crippen LogP) is 2.25. The summed E-state index contributed by atoms with van der Waals surface area (Å²) in [4.78, 5) is 0. The molecule has 2 rings (SSSR count). The molecule has 2 unspecified atom stereocenters. The molecular weight excluding hydrogens is 286 g/mol. The molecule has 1 heterocycles. The lowest BCUT2D eigenvalue weighted by atomic mass is 9.82. The number of likely N-dealkylation sites (N-methyl/N-ethyl adjacent to an activating group) is 1. The van der Waals surface area contributed by atoms with Crippen molar-refractivity contribution in [2.75, 3.05) is 19.9 Å². The van der Waals surface area contributed by atoms with Crippen LogP contribution in [-0.2, 0) is 0 Å². The van der Waals surface area contributed by atoms with E-state index in [1.54, 1.807) is 23.1 Å². The maximum Gasteiger partial charge on any atom is 0.175 e. The lowest BCUT2D eigenvalue weighted by Gasteiger charge is -2.39. The van der Waals surface area contributed by atoms with E-state index >= 15 is 0 Å². The topological polar surface area (TPSA) is 58.0 Å². The van der Waals surface area contributed by atoms with Crippen molar-refractivity contribution in [2.24, 2.45) is 0 Å². The number of aliphatic hydroxyl groups is 1. The number of nitrogens with zero attached hydrogens (tertiary/aromatic N) is 2. The zero-order chi connectivity index (χ0) is 13.0. The first-order valence-corrected chi connectivity index (χ1v) is 8.97. The summed E-state index contributed by atoms with van der Waals surface area (Å²) in [6.45, 7) is 0.215. The molecule has 1 saturated carbocycles. The van der Waals surface area contributed by atoms with Gasteiger partial charge in [0, 0.05) is 10.8 Å². The lowest BCUT2D eigenvalue weighted by molar-refractivity contribution is 0.131. The normalized spacial score (nSPS) is 28.5. The smallest absolute Gasteiger partial charge is 0.175 e.